The Bertz CT molecular complexity index is 615. The van der Waals surface area contributed by atoms with Gasteiger partial charge in [0, 0.05) is 12.7 Å². The monoisotopic (exact) mass is 232 g/mol. The maximum absolute atomic E-state index is 11.1. The van der Waals surface area contributed by atoms with Crippen LogP contribution >= 0.6 is 0 Å². The average Bonchev–Trinajstić information content (AvgIpc) is 2.54. The fourth-order valence-corrected chi connectivity index (χ4v) is 1.59. The van der Waals surface area contributed by atoms with Gasteiger partial charge < -0.3 is 15.6 Å². The number of imidazole rings is 1. The summed E-state index contributed by atoms with van der Waals surface area (Å²) in [4.78, 5) is 26.0. The molecule has 0 saturated heterocycles. The topological polar surface area (TPSA) is 90.0 Å². The number of nitrogens with one attached hydrogen (secondary N) is 1. The second kappa shape index (κ2) is 3.89. The van der Waals surface area contributed by atoms with Crippen molar-refractivity contribution in [3.05, 3.63) is 24.0 Å². The molecule has 0 unspecified atom stereocenters. The maximum atomic E-state index is 11.1. The van der Waals surface area contributed by atoms with Crippen LogP contribution in [0.5, 0.6) is 0 Å². The highest BCUT2D eigenvalue weighted by atomic mass is 16.2. The van der Waals surface area contributed by atoms with Gasteiger partial charge in [-0.05, 0) is 25.1 Å². The molecule has 6 heteroatoms. The van der Waals surface area contributed by atoms with Crippen LogP contribution < -0.4 is 11.1 Å². The number of aromatic nitrogens is 2. The lowest BCUT2D eigenvalue weighted by molar-refractivity contribution is -0.134. The van der Waals surface area contributed by atoms with E-state index in [0.29, 0.717) is 5.69 Å². The second-order valence-corrected chi connectivity index (χ2v) is 3.74. The van der Waals surface area contributed by atoms with E-state index < -0.39 is 11.8 Å². The molecule has 0 fully saturated rings. The minimum Gasteiger partial charge on any atom is -0.361 e. The number of carbonyl (C=O) groups excluding carboxylic acids is 2. The molecule has 3 N–H and O–H groups in total. The Morgan fingerprint density at radius 2 is 2.12 bits per heavy atom. The second-order valence-electron chi connectivity index (χ2n) is 3.74. The van der Waals surface area contributed by atoms with E-state index in [-0.39, 0.29) is 0 Å². The Balaban J connectivity index is 2.38. The van der Waals surface area contributed by atoms with E-state index in [9.17, 15) is 9.59 Å². The lowest BCUT2D eigenvalue weighted by Crippen LogP contribution is -2.29. The first-order chi connectivity index (χ1) is 7.99. The molecule has 2 aromatic rings. The van der Waals surface area contributed by atoms with Gasteiger partial charge in [-0.25, -0.2) is 4.98 Å². The molecule has 1 aromatic heterocycles. The predicted molar refractivity (Wildman–Crippen MR) is 63.3 cm³/mol. The summed E-state index contributed by atoms with van der Waals surface area (Å²) in [6.07, 6.45) is 0. The van der Waals surface area contributed by atoms with Gasteiger partial charge in [0.15, 0.2) is 0 Å². The minimum absolute atomic E-state index is 0.499. The SMILES string of the molecule is Cc1nc2cc(NC(=O)C(N)=O)ccc2n1C. The van der Waals surface area contributed by atoms with Crippen molar-refractivity contribution in [1.82, 2.24) is 9.55 Å². The fourth-order valence-electron chi connectivity index (χ4n) is 1.59. The number of amides is 2. The summed E-state index contributed by atoms with van der Waals surface area (Å²) in [7, 11) is 1.91. The van der Waals surface area contributed by atoms with Crippen molar-refractivity contribution in [2.24, 2.45) is 12.8 Å². The Morgan fingerprint density at radius 1 is 1.41 bits per heavy atom. The molecule has 0 spiro atoms. The van der Waals surface area contributed by atoms with Crippen molar-refractivity contribution in [1.29, 1.82) is 0 Å². The number of carbonyl (C=O) groups is 2. The summed E-state index contributed by atoms with van der Waals surface area (Å²) in [5.74, 6) is -0.974. The van der Waals surface area contributed by atoms with Gasteiger partial charge in [-0.15, -0.1) is 0 Å². The highest BCUT2D eigenvalue weighted by Crippen LogP contribution is 2.19. The smallest absolute Gasteiger partial charge is 0.313 e. The van der Waals surface area contributed by atoms with E-state index >= 15 is 0 Å². The molecular formula is C11H12N4O2. The zero-order valence-electron chi connectivity index (χ0n) is 9.52. The van der Waals surface area contributed by atoms with Crippen LogP contribution in [0.25, 0.3) is 11.0 Å². The summed E-state index contributed by atoms with van der Waals surface area (Å²) in [5.41, 5.74) is 7.07. The third kappa shape index (κ3) is 1.96. The number of nitrogens with zero attached hydrogens (tertiary/aromatic N) is 2. The summed E-state index contributed by atoms with van der Waals surface area (Å²) >= 11 is 0. The summed E-state index contributed by atoms with van der Waals surface area (Å²) < 4.78 is 1.94. The van der Waals surface area contributed by atoms with E-state index in [4.69, 9.17) is 5.73 Å². The van der Waals surface area contributed by atoms with Gasteiger partial charge in [0.1, 0.15) is 5.82 Å². The number of nitrogens with two attached hydrogens (primary N) is 1. The maximum Gasteiger partial charge on any atom is 0.313 e. The zero-order valence-corrected chi connectivity index (χ0v) is 9.52. The highest BCUT2D eigenvalue weighted by Gasteiger charge is 2.10. The van der Waals surface area contributed by atoms with Crippen molar-refractivity contribution in [3.63, 3.8) is 0 Å². The molecule has 0 aliphatic rings. The first kappa shape index (κ1) is 11.1. The van der Waals surface area contributed by atoms with Gasteiger partial charge in [-0.3, -0.25) is 9.59 Å². The van der Waals surface area contributed by atoms with Crippen molar-refractivity contribution >= 4 is 28.5 Å². The summed E-state index contributed by atoms with van der Waals surface area (Å²) in [6, 6.07) is 5.22. The quantitative estimate of drug-likeness (QED) is 0.693. The number of anilines is 1. The Morgan fingerprint density at radius 3 is 2.76 bits per heavy atom. The van der Waals surface area contributed by atoms with Gasteiger partial charge in [0.2, 0.25) is 0 Å². The Kier molecular flexibility index (Phi) is 2.55. The number of hydrogen-bond acceptors (Lipinski definition) is 3. The van der Waals surface area contributed by atoms with Crippen LogP contribution in [0.3, 0.4) is 0 Å². The molecule has 0 bridgehead atoms. The predicted octanol–water partition coefficient (Wildman–Crippen LogP) is 0.306. The van der Waals surface area contributed by atoms with Crippen molar-refractivity contribution < 1.29 is 9.59 Å². The first-order valence-corrected chi connectivity index (χ1v) is 5.03. The number of aryl methyl sites for hydroxylation is 2. The third-order valence-electron chi connectivity index (χ3n) is 2.59. The van der Waals surface area contributed by atoms with Crippen LogP contribution in [0.1, 0.15) is 5.82 Å². The Labute approximate surface area is 97.4 Å². The fraction of sp³-hybridized carbons (Fsp3) is 0.182. The normalized spacial score (nSPS) is 10.5. The minimum atomic E-state index is -1.01. The third-order valence-corrected chi connectivity index (χ3v) is 2.59. The molecule has 0 saturated carbocycles. The van der Waals surface area contributed by atoms with Gasteiger partial charge in [-0.2, -0.15) is 0 Å². The van der Waals surface area contributed by atoms with Gasteiger partial charge in [0.25, 0.3) is 0 Å². The van der Waals surface area contributed by atoms with Gasteiger partial charge in [0.05, 0.1) is 11.0 Å². The van der Waals surface area contributed by atoms with Crippen LogP contribution in [0.4, 0.5) is 5.69 Å². The number of fused-ring (bicyclic) bond motifs is 1. The molecule has 2 amide bonds. The number of hydrogen-bond donors (Lipinski definition) is 2. The van der Waals surface area contributed by atoms with E-state index in [2.05, 4.69) is 10.3 Å². The van der Waals surface area contributed by atoms with E-state index in [1.807, 2.05) is 24.6 Å². The summed E-state index contributed by atoms with van der Waals surface area (Å²) in [5, 5.41) is 2.40. The molecule has 0 radical (unpaired) electrons. The van der Waals surface area contributed by atoms with Crippen LogP contribution in [0.15, 0.2) is 18.2 Å². The van der Waals surface area contributed by atoms with E-state index in [0.717, 1.165) is 16.9 Å². The number of primary amides is 1. The number of benzene rings is 1. The van der Waals surface area contributed by atoms with Crippen LogP contribution in [-0.4, -0.2) is 21.4 Å². The van der Waals surface area contributed by atoms with Crippen molar-refractivity contribution in [3.8, 4) is 0 Å². The molecule has 88 valence electrons. The molecule has 17 heavy (non-hydrogen) atoms. The molecule has 1 heterocycles. The van der Waals surface area contributed by atoms with Gasteiger partial charge >= 0.3 is 11.8 Å². The molecular weight excluding hydrogens is 220 g/mol. The lowest BCUT2D eigenvalue weighted by Gasteiger charge is -2.02. The number of rotatable bonds is 1. The largest absolute Gasteiger partial charge is 0.361 e. The average molecular weight is 232 g/mol. The molecule has 6 nitrogen and oxygen atoms in total. The van der Waals surface area contributed by atoms with Crippen LogP contribution in [0, 0.1) is 6.92 Å². The van der Waals surface area contributed by atoms with Crippen molar-refractivity contribution in [2.75, 3.05) is 5.32 Å². The zero-order chi connectivity index (χ0) is 12.6. The molecule has 1 aromatic carbocycles. The van der Waals surface area contributed by atoms with Crippen LogP contribution in [0.2, 0.25) is 0 Å². The lowest BCUT2D eigenvalue weighted by atomic mass is 10.2. The molecule has 0 aliphatic carbocycles. The standard InChI is InChI=1S/C11H12N4O2/c1-6-13-8-5-7(14-11(17)10(12)16)3-4-9(8)15(6)2/h3-5H,1-2H3,(H2,12,16)(H,14,17). The molecule has 0 aliphatic heterocycles. The molecule has 2 rings (SSSR count). The Hall–Kier alpha value is -2.37. The highest BCUT2D eigenvalue weighted by molar-refractivity contribution is 6.39. The van der Waals surface area contributed by atoms with Crippen molar-refractivity contribution in [2.45, 2.75) is 6.92 Å². The van der Waals surface area contributed by atoms with E-state index in [1.165, 1.54) is 0 Å². The van der Waals surface area contributed by atoms with E-state index in [1.54, 1.807) is 12.1 Å². The van der Waals surface area contributed by atoms with Gasteiger partial charge in [-0.1, -0.05) is 0 Å². The summed E-state index contributed by atoms with van der Waals surface area (Å²) in [6.45, 7) is 1.89. The molecule has 0 atom stereocenters. The van der Waals surface area contributed by atoms with Crippen LogP contribution in [-0.2, 0) is 16.6 Å². The first-order valence-electron chi connectivity index (χ1n) is 5.03.